The van der Waals surface area contributed by atoms with Crippen LogP contribution in [0.2, 0.25) is 0 Å². The SMILES string of the molecule is Cc1cc(Nc2nc(NC3C[C@@H]4CC5(CC#N)C[C@H](C3)N45)nc3cc[nH]c23)n[nH]1. The summed E-state index contributed by atoms with van der Waals surface area (Å²) >= 11 is 0. The molecule has 2 unspecified atom stereocenters. The molecular weight excluding hydrogens is 366 g/mol. The maximum absolute atomic E-state index is 9.11. The van der Waals surface area contributed by atoms with Gasteiger partial charge in [0, 0.05) is 41.6 Å². The number of nitrogens with one attached hydrogen (secondary N) is 4. The summed E-state index contributed by atoms with van der Waals surface area (Å²) in [4.78, 5) is 15.2. The predicted octanol–water partition coefficient (Wildman–Crippen LogP) is 2.81. The van der Waals surface area contributed by atoms with Gasteiger partial charge in [-0.05, 0) is 38.7 Å². The van der Waals surface area contributed by atoms with Crippen molar-refractivity contribution < 1.29 is 0 Å². The Morgan fingerprint density at radius 2 is 2.14 bits per heavy atom. The van der Waals surface area contributed by atoms with Gasteiger partial charge in [-0.25, -0.2) is 4.98 Å². The van der Waals surface area contributed by atoms with E-state index in [1.54, 1.807) is 0 Å². The molecule has 9 nitrogen and oxygen atoms in total. The first-order valence-electron chi connectivity index (χ1n) is 10.2. The van der Waals surface area contributed by atoms with Crippen molar-refractivity contribution in [3.05, 3.63) is 24.0 Å². The smallest absolute Gasteiger partial charge is 0.225 e. The van der Waals surface area contributed by atoms with Gasteiger partial charge in [0.15, 0.2) is 11.6 Å². The Bertz CT molecular complexity index is 1110. The molecule has 4 N–H and O–H groups in total. The number of aromatic nitrogens is 5. The molecule has 3 fully saturated rings. The van der Waals surface area contributed by atoms with E-state index in [2.05, 4.69) is 36.8 Å². The fourth-order valence-electron chi connectivity index (χ4n) is 5.75. The number of rotatable bonds is 5. The quantitative estimate of drug-likeness (QED) is 0.529. The van der Waals surface area contributed by atoms with Crippen LogP contribution in [-0.4, -0.2) is 53.7 Å². The van der Waals surface area contributed by atoms with Crippen molar-refractivity contribution in [2.45, 2.75) is 62.7 Å². The first-order chi connectivity index (χ1) is 14.1. The third-order valence-corrected chi connectivity index (χ3v) is 6.78. The van der Waals surface area contributed by atoms with E-state index in [4.69, 9.17) is 15.2 Å². The number of hydrogen-bond acceptors (Lipinski definition) is 7. The van der Waals surface area contributed by atoms with Crippen molar-refractivity contribution in [2.24, 2.45) is 0 Å². The maximum atomic E-state index is 9.11. The van der Waals surface area contributed by atoms with E-state index in [0.717, 1.165) is 48.2 Å². The van der Waals surface area contributed by atoms with Crippen LogP contribution in [0.5, 0.6) is 0 Å². The predicted molar refractivity (Wildman–Crippen MR) is 109 cm³/mol. The molecule has 3 aromatic heterocycles. The molecule has 0 aromatic carbocycles. The molecular formula is C20H23N9. The number of anilines is 3. The highest BCUT2D eigenvalue weighted by Crippen LogP contribution is 2.58. The molecule has 148 valence electrons. The molecule has 0 spiro atoms. The maximum Gasteiger partial charge on any atom is 0.225 e. The van der Waals surface area contributed by atoms with Crippen LogP contribution in [0.3, 0.4) is 0 Å². The first-order valence-corrected chi connectivity index (χ1v) is 10.2. The van der Waals surface area contributed by atoms with Gasteiger partial charge in [0.25, 0.3) is 0 Å². The lowest BCUT2D eigenvalue weighted by Gasteiger charge is -2.73. The summed E-state index contributed by atoms with van der Waals surface area (Å²) in [5, 5.41) is 23.2. The summed E-state index contributed by atoms with van der Waals surface area (Å²) in [6.45, 7) is 1.97. The molecule has 29 heavy (non-hydrogen) atoms. The monoisotopic (exact) mass is 389 g/mol. The van der Waals surface area contributed by atoms with E-state index in [9.17, 15) is 0 Å². The first kappa shape index (κ1) is 16.8. The van der Waals surface area contributed by atoms with Gasteiger partial charge in [-0.1, -0.05) is 0 Å². The molecule has 0 amide bonds. The Morgan fingerprint density at radius 3 is 2.86 bits per heavy atom. The molecule has 6 heterocycles. The standard InChI is InChI=1S/C20H23N9/c1-11-6-16(28-27-11)25-18-17-15(2-5-22-17)24-19(26-18)23-12-7-13-9-20(3-4-21)10-14(8-12)29(13)20/h2,5-6,12-14,22H,3,7-10H2,1H3,(H3,23,24,25,26,27,28)/t12?,13-,14+,20?. The second kappa shape index (κ2) is 5.94. The lowest BCUT2D eigenvalue weighted by atomic mass is 9.58. The van der Waals surface area contributed by atoms with Crippen LogP contribution in [0.25, 0.3) is 11.0 Å². The molecule has 3 aromatic rings. The normalized spacial score (nSPS) is 30.1. The van der Waals surface area contributed by atoms with E-state index in [-0.39, 0.29) is 5.54 Å². The van der Waals surface area contributed by atoms with Crippen LogP contribution in [0.1, 0.15) is 37.8 Å². The fraction of sp³-hybridized carbons (Fsp3) is 0.500. The van der Waals surface area contributed by atoms with Gasteiger partial charge in [0.2, 0.25) is 5.95 Å². The zero-order chi connectivity index (χ0) is 19.6. The van der Waals surface area contributed by atoms with Crippen molar-refractivity contribution >= 4 is 28.6 Å². The average molecular weight is 389 g/mol. The molecule has 9 heteroatoms. The van der Waals surface area contributed by atoms with Gasteiger partial charge >= 0.3 is 0 Å². The van der Waals surface area contributed by atoms with E-state index < -0.39 is 0 Å². The number of hydrogen-bond donors (Lipinski definition) is 4. The van der Waals surface area contributed by atoms with Crippen molar-refractivity contribution in [3.8, 4) is 6.07 Å². The zero-order valence-corrected chi connectivity index (χ0v) is 16.2. The van der Waals surface area contributed by atoms with Crippen molar-refractivity contribution in [1.29, 1.82) is 5.26 Å². The van der Waals surface area contributed by atoms with Crippen LogP contribution in [0.15, 0.2) is 18.3 Å². The fourth-order valence-corrected chi connectivity index (χ4v) is 5.75. The van der Waals surface area contributed by atoms with E-state index in [1.807, 2.05) is 25.3 Å². The van der Waals surface area contributed by atoms with E-state index >= 15 is 0 Å². The Balaban J connectivity index is 1.22. The molecule has 0 radical (unpaired) electrons. The molecule has 0 saturated carbocycles. The number of H-pyrrole nitrogens is 2. The topological polar surface area (TPSA) is 121 Å². The molecule has 3 saturated heterocycles. The van der Waals surface area contributed by atoms with Gasteiger partial charge in [-0.3, -0.25) is 10.00 Å². The van der Waals surface area contributed by atoms with Crippen molar-refractivity contribution in [3.63, 3.8) is 0 Å². The summed E-state index contributed by atoms with van der Waals surface area (Å²) in [7, 11) is 0. The Labute approximate surface area is 167 Å². The highest BCUT2D eigenvalue weighted by molar-refractivity contribution is 5.88. The number of aryl methyl sites for hydroxylation is 1. The molecule has 0 bridgehead atoms. The van der Waals surface area contributed by atoms with Gasteiger partial charge in [-0.15, -0.1) is 0 Å². The Hall–Kier alpha value is -3.12. The van der Waals surface area contributed by atoms with Gasteiger partial charge < -0.3 is 15.6 Å². The van der Waals surface area contributed by atoms with Crippen LogP contribution in [0.4, 0.5) is 17.6 Å². The van der Waals surface area contributed by atoms with Crippen molar-refractivity contribution in [1.82, 2.24) is 30.0 Å². The molecule has 3 aliphatic rings. The summed E-state index contributed by atoms with van der Waals surface area (Å²) < 4.78 is 0. The summed E-state index contributed by atoms with van der Waals surface area (Å²) in [5.74, 6) is 2.09. The molecule has 4 atom stereocenters. The molecule has 3 aliphatic heterocycles. The van der Waals surface area contributed by atoms with Gasteiger partial charge in [-0.2, -0.15) is 15.3 Å². The minimum absolute atomic E-state index is 0.203. The number of aromatic amines is 2. The summed E-state index contributed by atoms with van der Waals surface area (Å²) in [6.07, 6.45) is 7.02. The van der Waals surface area contributed by atoms with Crippen LogP contribution in [-0.2, 0) is 0 Å². The van der Waals surface area contributed by atoms with E-state index in [1.165, 1.54) is 0 Å². The Morgan fingerprint density at radius 1 is 1.31 bits per heavy atom. The Kier molecular flexibility index (Phi) is 3.44. The molecule has 6 rings (SSSR count). The number of nitrogens with zero attached hydrogens (tertiary/aromatic N) is 5. The lowest BCUT2D eigenvalue weighted by Crippen LogP contribution is -2.81. The second-order valence-corrected chi connectivity index (χ2v) is 8.69. The van der Waals surface area contributed by atoms with Crippen LogP contribution < -0.4 is 10.6 Å². The largest absolute Gasteiger partial charge is 0.357 e. The number of nitriles is 1. The minimum atomic E-state index is 0.203. The molecule has 0 aliphatic carbocycles. The van der Waals surface area contributed by atoms with E-state index in [0.29, 0.717) is 36.3 Å². The minimum Gasteiger partial charge on any atom is -0.357 e. The zero-order valence-electron chi connectivity index (χ0n) is 16.2. The summed E-state index contributed by atoms with van der Waals surface area (Å²) in [5.41, 5.74) is 2.93. The second-order valence-electron chi connectivity index (χ2n) is 8.69. The van der Waals surface area contributed by atoms with Crippen LogP contribution >= 0.6 is 0 Å². The van der Waals surface area contributed by atoms with Gasteiger partial charge in [0.05, 0.1) is 18.0 Å². The van der Waals surface area contributed by atoms with Gasteiger partial charge in [0.1, 0.15) is 5.52 Å². The third-order valence-electron chi connectivity index (χ3n) is 6.78. The third kappa shape index (κ3) is 2.52. The average Bonchev–Trinajstić information content (AvgIpc) is 3.28. The number of fused-ring (bicyclic) bond motifs is 1. The lowest BCUT2D eigenvalue weighted by molar-refractivity contribution is -0.217. The van der Waals surface area contributed by atoms with Crippen molar-refractivity contribution in [2.75, 3.05) is 10.6 Å². The highest BCUT2D eigenvalue weighted by atomic mass is 15.4. The highest BCUT2D eigenvalue weighted by Gasteiger charge is 2.64. The number of piperidine rings is 2. The van der Waals surface area contributed by atoms with Crippen LogP contribution in [0, 0.1) is 18.3 Å². The summed E-state index contributed by atoms with van der Waals surface area (Å²) in [6, 6.07) is 7.83.